The summed E-state index contributed by atoms with van der Waals surface area (Å²) < 4.78 is 12.0. The molecule has 0 saturated heterocycles. The first-order chi connectivity index (χ1) is 15.8. The van der Waals surface area contributed by atoms with E-state index in [4.69, 9.17) is 20.9 Å². The lowest BCUT2D eigenvalue weighted by atomic mass is 10.2. The molecule has 1 N–H and O–H groups in total. The Balaban J connectivity index is 1.82. The van der Waals surface area contributed by atoms with Crippen LogP contribution in [0.2, 0.25) is 5.02 Å². The predicted octanol–water partition coefficient (Wildman–Crippen LogP) is 4.77. The molecule has 2 heterocycles. The molecule has 0 saturated carbocycles. The summed E-state index contributed by atoms with van der Waals surface area (Å²) in [6.45, 7) is 5.38. The summed E-state index contributed by atoms with van der Waals surface area (Å²) in [5.41, 5.74) is 1.63. The van der Waals surface area contributed by atoms with E-state index in [1.807, 2.05) is 19.1 Å². The zero-order valence-corrected chi connectivity index (χ0v) is 20.0. The highest BCUT2D eigenvalue weighted by molar-refractivity contribution is 8.00. The molecule has 1 atom stereocenters. The predicted molar refractivity (Wildman–Crippen MR) is 129 cm³/mol. The number of rotatable bonds is 6. The number of benzene rings is 2. The van der Waals surface area contributed by atoms with Gasteiger partial charge in [-0.15, -0.1) is 0 Å². The maximum atomic E-state index is 13.6. The number of nitrogens with zero attached hydrogens (tertiary/aromatic N) is 3. The molecule has 0 bridgehead atoms. The van der Waals surface area contributed by atoms with Crippen molar-refractivity contribution in [3.05, 3.63) is 69.2 Å². The standard InChI is InChI=1S/C23H21ClN4O4S/c1-12-5-8-19(31-4)18(9-12)28-22(30)16-7-6-15(24)11-17(16)25-23(28)33-14(3)21(29)26-20-10-13(2)32-27-20/h5-11,14H,1-4H3,(H,26,27,29). The van der Waals surface area contributed by atoms with E-state index in [-0.39, 0.29) is 11.5 Å². The monoisotopic (exact) mass is 484 g/mol. The number of aryl methyl sites for hydroxylation is 2. The van der Waals surface area contributed by atoms with Gasteiger partial charge in [-0.1, -0.05) is 34.6 Å². The summed E-state index contributed by atoms with van der Waals surface area (Å²) in [5.74, 6) is 1.10. The number of methoxy groups -OCH3 is 1. The van der Waals surface area contributed by atoms with Gasteiger partial charge in [-0.2, -0.15) is 0 Å². The molecule has 0 spiro atoms. The number of carbonyl (C=O) groups excluding carboxylic acids is 1. The first-order valence-corrected chi connectivity index (χ1v) is 11.3. The minimum atomic E-state index is -0.604. The highest BCUT2D eigenvalue weighted by Crippen LogP contribution is 2.31. The van der Waals surface area contributed by atoms with Crippen LogP contribution in [0.15, 0.2) is 56.9 Å². The van der Waals surface area contributed by atoms with Gasteiger partial charge in [-0.05, 0) is 56.7 Å². The number of aromatic nitrogens is 3. The molecule has 4 rings (SSSR count). The Morgan fingerprint density at radius 3 is 2.70 bits per heavy atom. The lowest BCUT2D eigenvalue weighted by Crippen LogP contribution is -2.26. The maximum Gasteiger partial charge on any atom is 0.266 e. The highest BCUT2D eigenvalue weighted by Gasteiger charge is 2.23. The molecule has 1 amide bonds. The summed E-state index contributed by atoms with van der Waals surface area (Å²) in [6.07, 6.45) is 0. The van der Waals surface area contributed by atoms with Gasteiger partial charge in [-0.25, -0.2) is 4.98 Å². The van der Waals surface area contributed by atoms with Gasteiger partial charge < -0.3 is 14.6 Å². The van der Waals surface area contributed by atoms with Gasteiger partial charge in [0, 0.05) is 11.1 Å². The Kier molecular flexibility index (Phi) is 6.44. The highest BCUT2D eigenvalue weighted by atomic mass is 35.5. The van der Waals surface area contributed by atoms with E-state index in [1.165, 1.54) is 11.7 Å². The van der Waals surface area contributed by atoms with Crippen molar-refractivity contribution in [3.8, 4) is 11.4 Å². The van der Waals surface area contributed by atoms with Gasteiger partial charge in [0.2, 0.25) is 5.91 Å². The van der Waals surface area contributed by atoms with Gasteiger partial charge in [0.25, 0.3) is 5.56 Å². The number of carbonyl (C=O) groups is 1. The Morgan fingerprint density at radius 1 is 1.21 bits per heavy atom. The van der Waals surface area contributed by atoms with Crippen LogP contribution in [0.3, 0.4) is 0 Å². The molecular weight excluding hydrogens is 464 g/mol. The fraction of sp³-hybridized carbons (Fsp3) is 0.217. The van der Waals surface area contributed by atoms with Crippen LogP contribution in [0.25, 0.3) is 16.6 Å². The van der Waals surface area contributed by atoms with E-state index in [2.05, 4.69) is 15.5 Å². The summed E-state index contributed by atoms with van der Waals surface area (Å²) >= 11 is 7.28. The Labute approximate surface area is 198 Å². The number of nitrogens with one attached hydrogen (secondary N) is 1. The van der Waals surface area contributed by atoms with Crippen LogP contribution in [-0.4, -0.2) is 33.0 Å². The molecule has 10 heteroatoms. The third-order valence-corrected chi connectivity index (χ3v) is 6.19. The molecule has 1 unspecified atom stereocenters. The fourth-order valence-corrected chi connectivity index (χ4v) is 4.36. The molecule has 0 fully saturated rings. The van der Waals surface area contributed by atoms with Crippen molar-refractivity contribution in [2.75, 3.05) is 12.4 Å². The Hall–Kier alpha value is -3.30. The topological polar surface area (TPSA) is 99.2 Å². The quantitative estimate of drug-likeness (QED) is 0.311. The van der Waals surface area contributed by atoms with E-state index >= 15 is 0 Å². The van der Waals surface area contributed by atoms with Crippen molar-refractivity contribution >= 4 is 46.0 Å². The Morgan fingerprint density at radius 2 is 2.00 bits per heavy atom. The molecule has 8 nitrogen and oxygen atoms in total. The average Bonchev–Trinajstić information content (AvgIpc) is 3.18. The number of thioether (sulfide) groups is 1. The van der Waals surface area contributed by atoms with E-state index in [0.29, 0.717) is 44.1 Å². The lowest BCUT2D eigenvalue weighted by molar-refractivity contribution is -0.115. The molecule has 0 radical (unpaired) electrons. The number of hydrogen-bond donors (Lipinski definition) is 1. The molecule has 0 aliphatic heterocycles. The largest absolute Gasteiger partial charge is 0.495 e. The minimum absolute atomic E-state index is 0.289. The number of ether oxygens (including phenoxy) is 1. The Bertz CT molecular complexity index is 1420. The van der Waals surface area contributed by atoms with E-state index < -0.39 is 5.25 Å². The number of hydrogen-bond acceptors (Lipinski definition) is 7. The van der Waals surface area contributed by atoms with Crippen LogP contribution in [0, 0.1) is 13.8 Å². The molecule has 4 aromatic rings. The van der Waals surface area contributed by atoms with Crippen molar-refractivity contribution in [1.29, 1.82) is 0 Å². The molecule has 33 heavy (non-hydrogen) atoms. The number of halogens is 1. The van der Waals surface area contributed by atoms with E-state index in [0.717, 1.165) is 17.3 Å². The van der Waals surface area contributed by atoms with Gasteiger partial charge in [-0.3, -0.25) is 14.2 Å². The van der Waals surface area contributed by atoms with Crippen LogP contribution in [0.4, 0.5) is 5.82 Å². The van der Waals surface area contributed by atoms with Crippen molar-refractivity contribution in [2.24, 2.45) is 0 Å². The lowest BCUT2D eigenvalue weighted by Gasteiger charge is -2.18. The number of anilines is 1. The van der Waals surface area contributed by atoms with Crippen molar-refractivity contribution in [3.63, 3.8) is 0 Å². The molecule has 2 aromatic carbocycles. The zero-order chi connectivity index (χ0) is 23.7. The normalized spacial score (nSPS) is 12.0. The van der Waals surface area contributed by atoms with Gasteiger partial charge in [0.05, 0.1) is 29.0 Å². The molecule has 170 valence electrons. The van der Waals surface area contributed by atoms with Gasteiger partial charge >= 0.3 is 0 Å². The summed E-state index contributed by atoms with van der Waals surface area (Å²) in [5, 5.41) is 7.09. The van der Waals surface area contributed by atoms with Crippen LogP contribution in [-0.2, 0) is 4.79 Å². The first kappa shape index (κ1) is 22.9. The molecule has 2 aromatic heterocycles. The third kappa shape index (κ3) is 4.74. The average molecular weight is 485 g/mol. The fourth-order valence-electron chi connectivity index (χ4n) is 3.27. The van der Waals surface area contributed by atoms with Gasteiger partial charge in [0.15, 0.2) is 11.0 Å². The summed E-state index contributed by atoms with van der Waals surface area (Å²) in [7, 11) is 1.54. The molecule has 0 aliphatic rings. The molecule has 0 aliphatic carbocycles. The second kappa shape index (κ2) is 9.29. The van der Waals surface area contributed by atoms with E-state index in [9.17, 15) is 9.59 Å². The zero-order valence-electron chi connectivity index (χ0n) is 18.4. The third-order valence-electron chi connectivity index (χ3n) is 4.91. The second-order valence-corrected chi connectivity index (χ2v) is 9.19. The van der Waals surface area contributed by atoms with E-state index in [1.54, 1.807) is 44.2 Å². The first-order valence-electron chi connectivity index (χ1n) is 10.0. The summed E-state index contributed by atoms with van der Waals surface area (Å²) in [6, 6.07) is 12.1. The number of fused-ring (bicyclic) bond motifs is 1. The molecular formula is C23H21ClN4O4S. The van der Waals surface area contributed by atoms with Crippen LogP contribution in [0.5, 0.6) is 5.75 Å². The van der Waals surface area contributed by atoms with Crippen LogP contribution >= 0.6 is 23.4 Å². The smallest absolute Gasteiger partial charge is 0.266 e. The van der Waals surface area contributed by atoms with Crippen molar-refractivity contribution in [1.82, 2.24) is 14.7 Å². The van der Waals surface area contributed by atoms with Crippen molar-refractivity contribution < 1.29 is 14.1 Å². The SMILES string of the molecule is COc1ccc(C)cc1-n1c(SC(C)C(=O)Nc2cc(C)on2)nc2cc(Cl)ccc2c1=O. The maximum absolute atomic E-state index is 13.6. The number of amides is 1. The second-order valence-electron chi connectivity index (χ2n) is 7.44. The summed E-state index contributed by atoms with van der Waals surface area (Å²) in [4.78, 5) is 31.0. The van der Waals surface area contributed by atoms with Gasteiger partial charge in [0.1, 0.15) is 11.5 Å². The minimum Gasteiger partial charge on any atom is -0.495 e. The van der Waals surface area contributed by atoms with Crippen LogP contribution in [0.1, 0.15) is 18.2 Å². The van der Waals surface area contributed by atoms with Crippen molar-refractivity contribution in [2.45, 2.75) is 31.2 Å². The van der Waals surface area contributed by atoms with Crippen LogP contribution < -0.4 is 15.6 Å².